The molecule has 1 fully saturated rings. The summed E-state index contributed by atoms with van der Waals surface area (Å²) < 4.78 is 23.0. The van der Waals surface area contributed by atoms with Gasteiger partial charge >= 0.3 is 0 Å². The van der Waals surface area contributed by atoms with Gasteiger partial charge in [0.1, 0.15) is 0 Å². The van der Waals surface area contributed by atoms with Crippen LogP contribution in [0.1, 0.15) is 59.3 Å². The molecular weight excluding hydrogens is 326 g/mol. The van der Waals surface area contributed by atoms with E-state index < -0.39 is 4.59 Å². The van der Waals surface area contributed by atoms with Crippen molar-refractivity contribution in [1.82, 2.24) is 0 Å². The zero-order valence-electron chi connectivity index (χ0n) is 14.2. The standard InChI is InChI=1S/C17H31Cl2FO2/c1-4-21-12-16(13-22-5-2,10-11-17(18,19)20)15-8-6-14(3)7-9-15/h14-15H,4-13H2,1-3H3. The van der Waals surface area contributed by atoms with Crippen LogP contribution in [0.5, 0.6) is 0 Å². The second-order valence-electron chi connectivity index (χ2n) is 6.71. The molecule has 0 unspecified atom stereocenters. The fourth-order valence-corrected chi connectivity index (χ4v) is 3.69. The molecule has 0 aromatic rings. The van der Waals surface area contributed by atoms with Crippen molar-refractivity contribution in [2.45, 2.75) is 63.9 Å². The van der Waals surface area contributed by atoms with Crippen LogP contribution in [0.4, 0.5) is 4.39 Å². The second-order valence-corrected chi connectivity index (χ2v) is 8.10. The summed E-state index contributed by atoms with van der Waals surface area (Å²) in [5.41, 5.74) is -0.187. The van der Waals surface area contributed by atoms with E-state index >= 15 is 0 Å². The minimum absolute atomic E-state index is 0.113. The lowest BCUT2D eigenvalue weighted by Crippen LogP contribution is -2.42. The molecule has 0 aliphatic heterocycles. The van der Waals surface area contributed by atoms with Gasteiger partial charge < -0.3 is 9.47 Å². The number of alkyl halides is 3. The first-order chi connectivity index (χ1) is 10.3. The summed E-state index contributed by atoms with van der Waals surface area (Å²) in [4.78, 5) is 0. The Balaban J connectivity index is 2.85. The topological polar surface area (TPSA) is 18.5 Å². The molecule has 0 atom stereocenters. The van der Waals surface area contributed by atoms with Crippen molar-refractivity contribution in [3.05, 3.63) is 0 Å². The van der Waals surface area contributed by atoms with E-state index in [0.717, 1.165) is 18.8 Å². The van der Waals surface area contributed by atoms with Gasteiger partial charge in [-0.2, -0.15) is 0 Å². The van der Waals surface area contributed by atoms with Crippen LogP contribution in [0, 0.1) is 17.3 Å². The molecule has 0 bridgehead atoms. The third-order valence-electron chi connectivity index (χ3n) is 4.98. The third kappa shape index (κ3) is 6.90. The highest BCUT2D eigenvalue weighted by atomic mass is 35.5. The van der Waals surface area contributed by atoms with Crippen molar-refractivity contribution in [2.24, 2.45) is 17.3 Å². The highest BCUT2D eigenvalue weighted by Crippen LogP contribution is 2.46. The molecule has 0 spiro atoms. The van der Waals surface area contributed by atoms with Crippen molar-refractivity contribution in [2.75, 3.05) is 26.4 Å². The molecule has 0 aromatic carbocycles. The second kappa shape index (κ2) is 9.66. The van der Waals surface area contributed by atoms with Gasteiger partial charge in [-0.15, -0.1) is 0 Å². The molecule has 1 aliphatic rings. The van der Waals surface area contributed by atoms with Crippen molar-refractivity contribution in [3.8, 4) is 0 Å². The maximum atomic E-state index is 13.6. The smallest absolute Gasteiger partial charge is 0.257 e. The number of ether oxygens (including phenoxy) is 2. The van der Waals surface area contributed by atoms with Gasteiger partial charge in [0, 0.05) is 25.0 Å². The molecule has 0 heterocycles. The van der Waals surface area contributed by atoms with E-state index in [9.17, 15) is 4.39 Å². The van der Waals surface area contributed by atoms with Gasteiger partial charge in [-0.3, -0.25) is 0 Å². The quantitative estimate of drug-likeness (QED) is 0.463. The van der Waals surface area contributed by atoms with Gasteiger partial charge in [0.2, 0.25) is 0 Å². The van der Waals surface area contributed by atoms with Crippen LogP contribution in [-0.4, -0.2) is 31.0 Å². The Bertz CT molecular complexity index is 292. The van der Waals surface area contributed by atoms with Crippen LogP contribution in [0.3, 0.4) is 0 Å². The average molecular weight is 357 g/mol. The average Bonchev–Trinajstić information content (AvgIpc) is 2.47. The van der Waals surface area contributed by atoms with E-state index in [-0.39, 0.29) is 11.8 Å². The Labute approximate surface area is 145 Å². The third-order valence-corrected chi connectivity index (χ3v) is 5.35. The molecule has 0 amide bonds. The normalized spacial score (nSPS) is 23.7. The fourth-order valence-electron chi connectivity index (χ4n) is 3.50. The highest BCUT2D eigenvalue weighted by Gasteiger charge is 2.42. The Morgan fingerprint density at radius 2 is 1.45 bits per heavy atom. The molecule has 132 valence electrons. The summed E-state index contributed by atoms with van der Waals surface area (Å²) in [5.74, 6) is 1.26. The number of halogens is 3. The first-order valence-corrected chi connectivity index (χ1v) is 9.31. The van der Waals surface area contributed by atoms with E-state index in [4.69, 9.17) is 32.7 Å². The van der Waals surface area contributed by atoms with E-state index in [0.29, 0.717) is 38.8 Å². The zero-order chi connectivity index (χ0) is 16.6. The number of rotatable bonds is 10. The molecule has 1 aliphatic carbocycles. The molecule has 0 radical (unpaired) electrons. The fraction of sp³-hybridized carbons (Fsp3) is 1.00. The predicted octanol–water partition coefficient (Wildman–Crippen LogP) is 5.75. The summed E-state index contributed by atoms with van der Waals surface area (Å²) in [6.45, 7) is 8.75. The molecule has 1 rings (SSSR count). The van der Waals surface area contributed by atoms with E-state index in [2.05, 4.69) is 6.92 Å². The molecule has 1 saturated carbocycles. The summed E-state index contributed by atoms with van der Waals surface area (Å²) in [6.07, 6.45) is 5.43. The minimum atomic E-state index is -2.17. The van der Waals surface area contributed by atoms with Crippen LogP contribution in [0.2, 0.25) is 0 Å². The molecule has 0 aromatic heterocycles. The first-order valence-electron chi connectivity index (χ1n) is 8.55. The first kappa shape index (κ1) is 20.5. The largest absolute Gasteiger partial charge is 0.381 e. The van der Waals surface area contributed by atoms with Gasteiger partial charge in [-0.05, 0) is 44.9 Å². The van der Waals surface area contributed by atoms with E-state index in [1.165, 1.54) is 12.8 Å². The van der Waals surface area contributed by atoms with Crippen molar-refractivity contribution < 1.29 is 13.9 Å². The Morgan fingerprint density at radius 1 is 0.955 bits per heavy atom. The summed E-state index contributed by atoms with van der Waals surface area (Å²) in [5, 5.41) is 0. The lowest BCUT2D eigenvalue weighted by Gasteiger charge is -2.44. The van der Waals surface area contributed by atoms with Gasteiger partial charge in [-0.1, -0.05) is 43.0 Å². The van der Waals surface area contributed by atoms with E-state index in [1.54, 1.807) is 0 Å². The predicted molar refractivity (Wildman–Crippen MR) is 91.3 cm³/mol. The molecule has 22 heavy (non-hydrogen) atoms. The van der Waals surface area contributed by atoms with E-state index in [1.807, 2.05) is 13.8 Å². The van der Waals surface area contributed by atoms with Gasteiger partial charge in [0.05, 0.1) is 13.2 Å². The van der Waals surface area contributed by atoms with Gasteiger partial charge in [0.25, 0.3) is 4.59 Å². The number of hydrogen-bond donors (Lipinski definition) is 0. The van der Waals surface area contributed by atoms with Crippen LogP contribution in [-0.2, 0) is 9.47 Å². The van der Waals surface area contributed by atoms with Crippen LogP contribution >= 0.6 is 23.2 Å². The lowest BCUT2D eigenvalue weighted by molar-refractivity contribution is -0.0706. The van der Waals surface area contributed by atoms with Gasteiger partial charge in [0.15, 0.2) is 0 Å². The summed E-state index contributed by atoms with van der Waals surface area (Å²) in [7, 11) is 0. The lowest BCUT2D eigenvalue weighted by atomic mass is 9.65. The monoisotopic (exact) mass is 356 g/mol. The van der Waals surface area contributed by atoms with Crippen molar-refractivity contribution in [3.63, 3.8) is 0 Å². The SMILES string of the molecule is CCOCC(CCC(F)(Cl)Cl)(COCC)C1CCC(C)CC1. The maximum Gasteiger partial charge on any atom is 0.257 e. The molecular formula is C17H31Cl2FO2. The highest BCUT2D eigenvalue weighted by molar-refractivity contribution is 6.47. The number of hydrogen-bond acceptors (Lipinski definition) is 2. The molecule has 0 saturated heterocycles. The Morgan fingerprint density at radius 3 is 1.86 bits per heavy atom. The summed E-state index contributed by atoms with van der Waals surface area (Å²) in [6, 6.07) is 0. The Hall–Kier alpha value is 0.430. The van der Waals surface area contributed by atoms with Crippen LogP contribution in [0.25, 0.3) is 0 Å². The molecule has 5 heteroatoms. The minimum Gasteiger partial charge on any atom is -0.381 e. The van der Waals surface area contributed by atoms with Crippen molar-refractivity contribution in [1.29, 1.82) is 0 Å². The van der Waals surface area contributed by atoms with Crippen molar-refractivity contribution >= 4 is 23.2 Å². The van der Waals surface area contributed by atoms with Gasteiger partial charge in [-0.25, -0.2) is 4.39 Å². The maximum absolute atomic E-state index is 13.6. The Kier molecular flexibility index (Phi) is 8.99. The van der Waals surface area contributed by atoms with Crippen LogP contribution in [0.15, 0.2) is 0 Å². The molecule has 0 N–H and O–H groups in total. The zero-order valence-corrected chi connectivity index (χ0v) is 15.7. The van der Waals surface area contributed by atoms with Crippen LogP contribution < -0.4 is 0 Å². The molecule has 2 nitrogen and oxygen atoms in total. The summed E-state index contributed by atoms with van der Waals surface area (Å²) >= 11 is 11.2.